The van der Waals surface area contributed by atoms with Crippen LogP contribution in [0.1, 0.15) is 26.3 Å². The Morgan fingerprint density at radius 3 is 2.25 bits per heavy atom. The second kappa shape index (κ2) is 12.2. The van der Waals surface area contributed by atoms with Gasteiger partial charge in [-0.1, -0.05) is 18.2 Å². The third-order valence-corrected chi connectivity index (χ3v) is 5.48. The van der Waals surface area contributed by atoms with Crippen molar-refractivity contribution >= 4 is 28.9 Å². The molecular formula is C28H34N4O4. The van der Waals surface area contributed by atoms with Gasteiger partial charge in [-0.05, 0) is 75.1 Å². The maximum Gasteiger partial charge on any atom is 0.255 e. The zero-order valence-electron chi connectivity index (χ0n) is 21.4. The molecule has 3 aromatic rings. The molecule has 3 aromatic carbocycles. The number of nitrogens with one attached hydrogen (secondary N) is 2. The second-order valence-corrected chi connectivity index (χ2v) is 9.14. The standard InChI is InChI=1S/C28H34N4O4/c1-19-12-13-22(29-27(34)20-8-6-10-23(14-20)32(4)5)16-26(19)30-28(35)21-9-7-11-25(15-21)36-18-24(33)17-31(2)3/h6-16,24,33H,17-18H2,1-5H3,(H,29,34)(H,30,35). The highest BCUT2D eigenvalue weighted by Crippen LogP contribution is 2.23. The fourth-order valence-corrected chi connectivity index (χ4v) is 3.55. The van der Waals surface area contributed by atoms with Crippen LogP contribution in [0.5, 0.6) is 5.75 Å². The predicted octanol–water partition coefficient (Wildman–Crippen LogP) is 3.87. The van der Waals surface area contributed by atoms with E-state index in [0.717, 1.165) is 11.3 Å². The Hall–Kier alpha value is -3.88. The number of benzene rings is 3. The van der Waals surface area contributed by atoms with E-state index in [2.05, 4.69) is 10.6 Å². The van der Waals surface area contributed by atoms with Gasteiger partial charge in [0, 0.05) is 48.8 Å². The van der Waals surface area contributed by atoms with Crippen molar-refractivity contribution in [2.24, 2.45) is 0 Å². The van der Waals surface area contributed by atoms with Gasteiger partial charge in [-0.3, -0.25) is 9.59 Å². The van der Waals surface area contributed by atoms with Crippen molar-refractivity contribution in [3.63, 3.8) is 0 Å². The molecule has 0 aliphatic rings. The average molecular weight is 491 g/mol. The van der Waals surface area contributed by atoms with Crippen LogP contribution in [0.15, 0.2) is 66.7 Å². The Morgan fingerprint density at radius 2 is 1.56 bits per heavy atom. The smallest absolute Gasteiger partial charge is 0.255 e. The van der Waals surface area contributed by atoms with E-state index in [9.17, 15) is 14.7 Å². The van der Waals surface area contributed by atoms with E-state index in [1.165, 1.54) is 0 Å². The van der Waals surface area contributed by atoms with E-state index in [4.69, 9.17) is 4.74 Å². The van der Waals surface area contributed by atoms with Crippen molar-refractivity contribution in [3.8, 4) is 5.75 Å². The fourth-order valence-electron chi connectivity index (χ4n) is 3.55. The lowest BCUT2D eigenvalue weighted by atomic mass is 10.1. The van der Waals surface area contributed by atoms with Gasteiger partial charge in [-0.15, -0.1) is 0 Å². The molecule has 0 radical (unpaired) electrons. The Labute approximate surface area is 212 Å². The van der Waals surface area contributed by atoms with E-state index in [-0.39, 0.29) is 18.4 Å². The molecule has 2 amide bonds. The molecular weight excluding hydrogens is 456 g/mol. The first-order valence-electron chi connectivity index (χ1n) is 11.7. The lowest BCUT2D eigenvalue weighted by Gasteiger charge is -2.17. The van der Waals surface area contributed by atoms with Crippen molar-refractivity contribution in [1.29, 1.82) is 0 Å². The number of aliphatic hydroxyl groups is 1. The molecule has 0 aliphatic heterocycles. The number of amides is 2. The molecule has 190 valence electrons. The minimum Gasteiger partial charge on any atom is -0.491 e. The third-order valence-electron chi connectivity index (χ3n) is 5.48. The first-order valence-corrected chi connectivity index (χ1v) is 11.7. The van der Waals surface area contributed by atoms with Crippen LogP contribution in [0.3, 0.4) is 0 Å². The number of aryl methyl sites for hydroxylation is 1. The zero-order valence-corrected chi connectivity index (χ0v) is 21.4. The summed E-state index contributed by atoms with van der Waals surface area (Å²) in [5.74, 6) is -0.0427. The minimum absolute atomic E-state index is 0.127. The van der Waals surface area contributed by atoms with Gasteiger partial charge in [0.2, 0.25) is 0 Å². The summed E-state index contributed by atoms with van der Waals surface area (Å²) in [6.45, 7) is 2.49. The molecule has 3 N–H and O–H groups in total. The maximum atomic E-state index is 12.9. The Morgan fingerprint density at radius 1 is 0.889 bits per heavy atom. The van der Waals surface area contributed by atoms with E-state index in [1.54, 1.807) is 42.5 Å². The highest BCUT2D eigenvalue weighted by atomic mass is 16.5. The Balaban J connectivity index is 1.68. The van der Waals surface area contributed by atoms with Gasteiger partial charge in [0.15, 0.2) is 0 Å². The van der Waals surface area contributed by atoms with Gasteiger partial charge < -0.3 is 30.3 Å². The summed E-state index contributed by atoms with van der Waals surface area (Å²) in [6, 6.07) is 19.5. The van der Waals surface area contributed by atoms with Crippen molar-refractivity contribution in [2.75, 3.05) is 56.9 Å². The number of hydrogen-bond donors (Lipinski definition) is 3. The van der Waals surface area contributed by atoms with E-state index < -0.39 is 6.10 Å². The number of hydrogen-bond acceptors (Lipinski definition) is 6. The highest BCUT2D eigenvalue weighted by molar-refractivity contribution is 6.07. The van der Waals surface area contributed by atoms with Gasteiger partial charge in [0.05, 0.1) is 0 Å². The van der Waals surface area contributed by atoms with Crippen LogP contribution in [0.2, 0.25) is 0 Å². The number of ether oxygens (including phenoxy) is 1. The summed E-state index contributed by atoms with van der Waals surface area (Å²) in [5.41, 5.74) is 3.91. The second-order valence-electron chi connectivity index (χ2n) is 9.14. The number of aliphatic hydroxyl groups excluding tert-OH is 1. The van der Waals surface area contributed by atoms with Gasteiger partial charge in [-0.2, -0.15) is 0 Å². The molecule has 0 aliphatic carbocycles. The third kappa shape index (κ3) is 7.56. The van der Waals surface area contributed by atoms with E-state index in [0.29, 0.717) is 34.8 Å². The molecule has 1 unspecified atom stereocenters. The molecule has 0 spiro atoms. The van der Waals surface area contributed by atoms with Crippen LogP contribution >= 0.6 is 0 Å². The minimum atomic E-state index is -0.636. The first-order chi connectivity index (χ1) is 17.1. The van der Waals surface area contributed by atoms with Crippen LogP contribution in [0.25, 0.3) is 0 Å². The molecule has 0 aromatic heterocycles. The van der Waals surface area contributed by atoms with Crippen molar-refractivity contribution in [1.82, 2.24) is 4.90 Å². The fraction of sp³-hybridized carbons (Fsp3) is 0.286. The quantitative estimate of drug-likeness (QED) is 0.400. The van der Waals surface area contributed by atoms with Crippen LogP contribution in [-0.4, -0.2) is 69.3 Å². The maximum absolute atomic E-state index is 12.9. The molecule has 3 rings (SSSR count). The largest absolute Gasteiger partial charge is 0.491 e. The molecule has 0 saturated carbocycles. The van der Waals surface area contributed by atoms with Crippen LogP contribution < -0.4 is 20.3 Å². The van der Waals surface area contributed by atoms with Crippen molar-refractivity contribution in [2.45, 2.75) is 13.0 Å². The Kier molecular flexibility index (Phi) is 9.05. The SMILES string of the molecule is Cc1ccc(NC(=O)c2cccc(N(C)C)c2)cc1NC(=O)c1cccc(OCC(O)CN(C)C)c1. The van der Waals surface area contributed by atoms with Crippen molar-refractivity contribution < 1.29 is 19.4 Å². The molecule has 1 atom stereocenters. The molecule has 8 heteroatoms. The monoisotopic (exact) mass is 490 g/mol. The molecule has 8 nitrogen and oxygen atoms in total. The Bertz CT molecular complexity index is 1210. The molecule has 0 fully saturated rings. The van der Waals surface area contributed by atoms with Crippen LogP contribution in [-0.2, 0) is 0 Å². The molecule has 0 bridgehead atoms. The number of carbonyl (C=O) groups is 2. The lowest BCUT2D eigenvalue weighted by Crippen LogP contribution is -2.30. The summed E-state index contributed by atoms with van der Waals surface area (Å²) in [5, 5.41) is 15.8. The number of anilines is 3. The normalized spacial score (nSPS) is 11.6. The van der Waals surface area contributed by atoms with Crippen LogP contribution in [0.4, 0.5) is 17.1 Å². The van der Waals surface area contributed by atoms with Crippen LogP contribution in [0, 0.1) is 6.92 Å². The number of rotatable bonds is 10. The van der Waals surface area contributed by atoms with Gasteiger partial charge in [0.1, 0.15) is 18.5 Å². The number of nitrogens with zero attached hydrogens (tertiary/aromatic N) is 2. The topological polar surface area (TPSA) is 94.1 Å². The zero-order chi connectivity index (χ0) is 26.2. The van der Waals surface area contributed by atoms with E-state index in [1.807, 2.05) is 69.2 Å². The summed E-state index contributed by atoms with van der Waals surface area (Å²) >= 11 is 0. The predicted molar refractivity (Wildman–Crippen MR) is 144 cm³/mol. The van der Waals surface area contributed by atoms with Crippen molar-refractivity contribution in [3.05, 3.63) is 83.4 Å². The average Bonchev–Trinajstić information content (AvgIpc) is 2.84. The van der Waals surface area contributed by atoms with E-state index >= 15 is 0 Å². The molecule has 0 saturated heterocycles. The summed E-state index contributed by atoms with van der Waals surface area (Å²) in [7, 11) is 7.59. The first kappa shape index (κ1) is 26.7. The number of carbonyl (C=O) groups excluding carboxylic acids is 2. The van der Waals surface area contributed by atoms with Gasteiger partial charge in [-0.25, -0.2) is 0 Å². The molecule has 36 heavy (non-hydrogen) atoms. The number of likely N-dealkylation sites (N-methyl/N-ethyl adjacent to an activating group) is 1. The lowest BCUT2D eigenvalue weighted by molar-refractivity contribution is 0.0830. The van der Waals surface area contributed by atoms with Gasteiger partial charge in [0.25, 0.3) is 11.8 Å². The highest BCUT2D eigenvalue weighted by Gasteiger charge is 2.13. The summed E-state index contributed by atoms with van der Waals surface area (Å²) in [4.78, 5) is 29.5. The summed E-state index contributed by atoms with van der Waals surface area (Å²) < 4.78 is 5.65. The summed E-state index contributed by atoms with van der Waals surface area (Å²) in [6.07, 6.45) is -0.636. The molecule has 0 heterocycles. The van der Waals surface area contributed by atoms with Gasteiger partial charge >= 0.3 is 0 Å².